The van der Waals surface area contributed by atoms with Gasteiger partial charge in [0.2, 0.25) is 5.82 Å². The van der Waals surface area contributed by atoms with E-state index in [2.05, 4.69) is 19.7 Å². The molecule has 0 unspecified atom stereocenters. The number of nitro groups is 1. The quantitative estimate of drug-likeness (QED) is 0.422. The second kappa shape index (κ2) is 7.53. The van der Waals surface area contributed by atoms with E-state index >= 15 is 0 Å². The zero-order valence-electron chi connectivity index (χ0n) is 15.7. The topological polar surface area (TPSA) is 116 Å². The van der Waals surface area contributed by atoms with Crippen molar-refractivity contribution in [1.82, 2.24) is 19.7 Å². The third kappa shape index (κ3) is 3.41. The molecule has 4 rings (SSSR count). The van der Waals surface area contributed by atoms with E-state index in [0.29, 0.717) is 19.1 Å². The summed E-state index contributed by atoms with van der Waals surface area (Å²) in [5.74, 6) is 0.540. The summed E-state index contributed by atoms with van der Waals surface area (Å²) in [6.45, 7) is 2.99. The minimum absolute atomic E-state index is 0.0693. The van der Waals surface area contributed by atoms with E-state index in [4.69, 9.17) is 4.74 Å². The van der Waals surface area contributed by atoms with Gasteiger partial charge in [-0.2, -0.15) is 0 Å². The van der Waals surface area contributed by atoms with E-state index in [9.17, 15) is 14.9 Å². The van der Waals surface area contributed by atoms with Crippen LogP contribution in [0.2, 0.25) is 0 Å². The number of hydrogen-bond acceptors (Lipinski definition) is 8. The minimum Gasteiger partial charge on any atom is -0.462 e. The minimum atomic E-state index is -0.708. The van der Waals surface area contributed by atoms with Gasteiger partial charge in [-0.15, -0.1) is 10.2 Å². The van der Waals surface area contributed by atoms with Crippen LogP contribution < -0.4 is 4.90 Å². The number of ether oxygens (including phenoxy) is 1. The monoisotopic (exact) mass is 386 g/mol. The number of hydrogen-bond donors (Lipinski definition) is 0. The van der Waals surface area contributed by atoms with E-state index in [0.717, 1.165) is 31.5 Å². The lowest BCUT2D eigenvalue weighted by Gasteiger charge is -2.33. The largest absolute Gasteiger partial charge is 0.462 e. The Balaban J connectivity index is 1.64. The van der Waals surface area contributed by atoms with Crippen molar-refractivity contribution in [2.45, 2.75) is 44.6 Å². The molecule has 2 aliphatic rings. The molecule has 1 aliphatic heterocycles. The molecule has 2 aromatic heterocycles. The Bertz CT molecular complexity index is 894. The fraction of sp³-hybridized carbons (Fsp3) is 0.556. The van der Waals surface area contributed by atoms with Gasteiger partial charge in [-0.05, 0) is 38.7 Å². The van der Waals surface area contributed by atoms with Gasteiger partial charge >= 0.3 is 11.7 Å². The zero-order valence-corrected chi connectivity index (χ0v) is 15.7. The molecule has 10 nitrogen and oxygen atoms in total. The SMILES string of the molecule is CCOC(=O)c1ccnc(N2CCC[C@@H](c3nncn3C3CC3)C2)c1[N+](=O)[O-]. The molecule has 2 aromatic rings. The fourth-order valence-electron chi connectivity index (χ4n) is 3.79. The second-order valence-electron chi connectivity index (χ2n) is 7.12. The van der Waals surface area contributed by atoms with Crippen molar-refractivity contribution >= 4 is 17.5 Å². The first-order chi connectivity index (χ1) is 13.6. The summed E-state index contributed by atoms with van der Waals surface area (Å²) < 4.78 is 7.11. The molecule has 0 N–H and O–H groups in total. The molecular weight excluding hydrogens is 364 g/mol. The van der Waals surface area contributed by atoms with Crippen LogP contribution in [0.1, 0.15) is 60.7 Å². The van der Waals surface area contributed by atoms with E-state index in [-0.39, 0.29) is 29.6 Å². The second-order valence-corrected chi connectivity index (χ2v) is 7.12. The van der Waals surface area contributed by atoms with Crippen molar-refractivity contribution in [2.75, 3.05) is 24.6 Å². The third-order valence-electron chi connectivity index (χ3n) is 5.21. The van der Waals surface area contributed by atoms with Gasteiger partial charge < -0.3 is 14.2 Å². The Kier molecular flexibility index (Phi) is 4.93. The zero-order chi connectivity index (χ0) is 19.7. The Hall–Kier alpha value is -3.04. The summed E-state index contributed by atoms with van der Waals surface area (Å²) >= 11 is 0. The summed E-state index contributed by atoms with van der Waals surface area (Å²) in [7, 11) is 0. The molecule has 0 bridgehead atoms. The van der Waals surface area contributed by atoms with Crippen LogP contribution in [-0.2, 0) is 4.74 Å². The molecule has 0 aromatic carbocycles. The number of anilines is 1. The highest BCUT2D eigenvalue weighted by atomic mass is 16.6. The Morgan fingerprint density at radius 3 is 2.93 bits per heavy atom. The highest BCUT2D eigenvalue weighted by Crippen LogP contribution is 2.39. The van der Waals surface area contributed by atoms with E-state index in [1.807, 2.05) is 4.90 Å². The highest BCUT2D eigenvalue weighted by molar-refractivity contribution is 5.96. The van der Waals surface area contributed by atoms with Crippen molar-refractivity contribution in [1.29, 1.82) is 0 Å². The molecule has 1 aliphatic carbocycles. The van der Waals surface area contributed by atoms with Gasteiger partial charge in [0.15, 0.2) is 0 Å². The first-order valence-electron chi connectivity index (χ1n) is 9.55. The van der Waals surface area contributed by atoms with Gasteiger partial charge in [-0.25, -0.2) is 9.78 Å². The summed E-state index contributed by atoms with van der Waals surface area (Å²) in [5.41, 5.74) is -0.370. The molecule has 28 heavy (non-hydrogen) atoms. The third-order valence-corrected chi connectivity index (χ3v) is 5.21. The highest BCUT2D eigenvalue weighted by Gasteiger charge is 2.35. The van der Waals surface area contributed by atoms with Crippen molar-refractivity contribution in [3.05, 3.63) is 40.1 Å². The summed E-state index contributed by atoms with van der Waals surface area (Å²) in [4.78, 5) is 29.5. The standard InChI is InChI=1S/C18H22N6O4/c1-2-28-18(25)14-7-8-19-17(15(14)24(26)27)22-9-3-4-12(10-22)16-21-20-11-23(16)13-5-6-13/h7-8,11-13H,2-6,9-10H2,1H3/t12-/m1/s1. The maximum Gasteiger partial charge on any atom is 0.345 e. The van der Waals surface area contributed by atoms with Crippen LogP contribution in [0.15, 0.2) is 18.6 Å². The van der Waals surface area contributed by atoms with Crippen molar-refractivity contribution in [2.24, 2.45) is 0 Å². The van der Waals surface area contributed by atoms with Gasteiger partial charge in [0.25, 0.3) is 0 Å². The molecule has 1 atom stereocenters. The molecule has 0 amide bonds. The number of aromatic nitrogens is 4. The number of carbonyl (C=O) groups excluding carboxylic acids is 1. The number of nitrogens with zero attached hydrogens (tertiary/aromatic N) is 6. The van der Waals surface area contributed by atoms with Gasteiger partial charge in [-0.1, -0.05) is 0 Å². The summed E-state index contributed by atoms with van der Waals surface area (Å²) in [5, 5.41) is 20.1. The van der Waals surface area contributed by atoms with Crippen LogP contribution in [0, 0.1) is 10.1 Å². The molecule has 2 fully saturated rings. The lowest BCUT2D eigenvalue weighted by molar-refractivity contribution is -0.384. The predicted molar refractivity (Wildman–Crippen MR) is 99.3 cm³/mol. The van der Waals surface area contributed by atoms with Crippen molar-refractivity contribution < 1.29 is 14.5 Å². The van der Waals surface area contributed by atoms with Gasteiger partial charge in [0.05, 0.1) is 11.5 Å². The average molecular weight is 386 g/mol. The van der Waals surface area contributed by atoms with Crippen LogP contribution in [0.25, 0.3) is 0 Å². The molecular formula is C18H22N6O4. The summed E-state index contributed by atoms with van der Waals surface area (Å²) in [6, 6.07) is 1.81. The molecule has 3 heterocycles. The predicted octanol–water partition coefficient (Wildman–Crippen LogP) is 2.48. The van der Waals surface area contributed by atoms with Crippen molar-refractivity contribution in [3.63, 3.8) is 0 Å². The van der Waals surface area contributed by atoms with E-state index in [1.54, 1.807) is 13.3 Å². The first-order valence-corrected chi connectivity index (χ1v) is 9.55. The number of carbonyl (C=O) groups is 1. The normalized spacial score (nSPS) is 19.5. The Morgan fingerprint density at radius 1 is 1.39 bits per heavy atom. The lowest BCUT2D eigenvalue weighted by atomic mass is 9.96. The molecule has 10 heteroatoms. The van der Waals surface area contributed by atoms with Crippen LogP contribution >= 0.6 is 0 Å². The van der Waals surface area contributed by atoms with Crippen molar-refractivity contribution in [3.8, 4) is 0 Å². The van der Waals surface area contributed by atoms with Gasteiger partial charge in [-0.3, -0.25) is 10.1 Å². The molecule has 1 saturated carbocycles. The molecule has 1 saturated heterocycles. The maximum absolute atomic E-state index is 12.2. The van der Waals surface area contributed by atoms with Crippen LogP contribution in [-0.4, -0.2) is 50.3 Å². The molecule has 0 spiro atoms. The molecule has 148 valence electrons. The van der Waals surface area contributed by atoms with Gasteiger partial charge in [0.1, 0.15) is 17.7 Å². The maximum atomic E-state index is 12.2. The number of rotatable bonds is 6. The molecule has 0 radical (unpaired) electrons. The van der Waals surface area contributed by atoms with Crippen LogP contribution in [0.4, 0.5) is 11.5 Å². The smallest absolute Gasteiger partial charge is 0.345 e. The Labute approximate surface area is 161 Å². The van der Waals surface area contributed by atoms with Crippen LogP contribution in [0.3, 0.4) is 0 Å². The average Bonchev–Trinajstić information content (AvgIpc) is 3.43. The number of piperidine rings is 1. The van der Waals surface area contributed by atoms with E-state index < -0.39 is 10.9 Å². The number of pyridine rings is 1. The Morgan fingerprint density at radius 2 is 2.21 bits per heavy atom. The lowest BCUT2D eigenvalue weighted by Crippen LogP contribution is -2.36. The van der Waals surface area contributed by atoms with E-state index in [1.165, 1.54) is 12.3 Å². The fourth-order valence-corrected chi connectivity index (χ4v) is 3.79. The van der Waals surface area contributed by atoms with Gasteiger partial charge in [0, 0.05) is 31.2 Å². The van der Waals surface area contributed by atoms with Crippen LogP contribution in [0.5, 0.6) is 0 Å². The summed E-state index contributed by atoms with van der Waals surface area (Å²) in [6.07, 6.45) is 7.25. The first kappa shape index (κ1) is 18.3. The number of esters is 1.